The van der Waals surface area contributed by atoms with E-state index >= 15 is 0 Å². The first kappa shape index (κ1) is 13.4. The van der Waals surface area contributed by atoms with Gasteiger partial charge in [0, 0.05) is 0 Å². The first-order valence-electron chi connectivity index (χ1n) is 5.81. The van der Waals surface area contributed by atoms with E-state index in [-0.39, 0.29) is 0 Å². The fraction of sp³-hybridized carbons (Fsp3) is 0.333. The van der Waals surface area contributed by atoms with Crippen LogP contribution in [0.15, 0.2) is 36.9 Å². The standard InChI is InChI=1S/C15H20O2/c1-4-5-6-7-8-9-13-10-11-14(16-2)15(12-13)17-3/h4,8-12H,1,5-7H2,2-3H3. The summed E-state index contributed by atoms with van der Waals surface area (Å²) in [5, 5.41) is 0. The van der Waals surface area contributed by atoms with Gasteiger partial charge in [0.05, 0.1) is 14.2 Å². The summed E-state index contributed by atoms with van der Waals surface area (Å²) in [5.41, 5.74) is 1.13. The molecule has 0 N–H and O–H groups in total. The van der Waals surface area contributed by atoms with Gasteiger partial charge in [-0.25, -0.2) is 0 Å². The average molecular weight is 232 g/mol. The van der Waals surface area contributed by atoms with E-state index in [2.05, 4.69) is 18.7 Å². The summed E-state index contributed by atoms with van der Waals surface area (Å²) >= 11 is 0. The van der Waals surface area contributed by atoms with Crippen molar-refractivity contribution in [1.29, 1.82) is 0 Å². The van der Waals surface area contributed by atoms with E-state index in [1.165, 1.54) is 0 Å². The summed E-state index contributed by atoms with van der Waals surface area (Å²) in [4.78, 5) is 0. The van der Waals surface area contributed by atoms with Crippen molar-refractivity contribution in [2.45, 2.75) is 19.3 Å². The van der Waals surface area contributed by atoms with E-state index in [1.54, 1.807) is 14.2 Å². The van der Waals surface area contributed by atoms with Gasteiger partial charge in [-0.05, 0) is 37.0 Å². The van der Waals surface area contributed by atoms with Gasteiger partial charge in [-0.3, -0.25) is 0 Å². The molecule has 2 nitrogen and oxygen atoms in total. The van der Waals surface area contributed by atoms with Crippen LogP contribution in [0.25, 0.3) is 6.08 Å². The molecule has 0 radical (unpaired) electrons. The molecule has 0 fully saturated rings. The normalized spacial score (nSPS) is 10.5. The minimum atomic E-state index is 0.760. The van der Waals surface area contributed by atoms with Crippen molar-refractivity contribution in [3.05, 3.63) is 42.5 Å². The zero-order chi connectivity index (χ0) is 12.5. The van der Waals surface area contributed by atoms with Crippen molar-refractivity contribution in [3.63, 3.8) is 0 Å². The zero-order valence-electron chi connectivity index (χ0n) is 10.6. The molecule has 0 bridgehead atoms. The van der Waals surface area contributed by atoms with E-state index in [9.17, 15) is 0 Å². The number of methoxy groups -OCH3 is 2. The Morgan fingerprint density at radius 1 is 1.12 bits per heavy atom. The summed E-state index contributed by atoms with van der Waals surface area (Å²) in [6, 6.07) is 5.91. The van der Waals surface area contributed by atoms with Gasteiger partial charge in [-0.2, -0.15) is 0 Å². The quantitative estimate of drug-likeness (QED) is 0.521. The topological polar surface area (TPSA) is 18.5 Å². The van der Waals surface area contributed by atoms with Gasteiger partial charge in [-0.1, -0.05) is 24.3 Å². The van der Waals surface area contributed by atoms with Crippen molar-refractivity contribution in [3.8, 4) is 11.5 Å². The van der Waals surface area contributed by atoms with Gasteiger partial charge >= 0.3 is 0 Å². The van der Waals surface area contributed by atoms with Gasteiger partial charge in [0.25, 0.3) is 0 Å². The lowest BCUT2D eigenvalue weighted by Crippen LogP contribution is -1.90. The molecule has 0 aliphatic rings. The van der Waals surface area contributed by atoms with E-state index in [4.69, 9.17) is 9.47 Å². The summed E-state index contributed by atoms with van der Waals surface area (Å²) in [5.74, 6) is 1.53. The summed E-state index contributed by atoms with van der Waals surface area (Å²) < 4.78 is 10.4. The van der Waals surface area contributed by atoms with Crippen LogP contribution >= 0.6 is 0 Å². The highest BCUT2D eigenvalue weighted by Crippen LogP contribution is 2.27. The highest BCUT2D eigenvalue weighted by molar-refractivity contribution is 5.55. The molecular weight excluding hydrogens is 212 g/mol. The minimum Gasteiger partial charge on any atom is -0.493 e. The predicted octanol–water partition coefficient (Wildman–Crippen LogP) is 4.07. The second kappa shape index (κ2) is 7.55. The molecule has 1 aromatic carbocycles. The summed E-state index contributed by atoms with van der Waals surface area (Å²) in [6.45, 7) is 3.70. The molecule has 0 aromatic heterocycles. The third-order valence-corrected chi connectivity index (χ3v) is 2.50. The highest BCUT2D eigenvalue weighted by atomic mass is 16.5. The first-order chi connectivity index (χ1) is 8.31. The Kier molecular flexibility index (Phi) is 5.94. The number of rotatable bonds is 7. The van der Waals surface area contributed by atoms with Crippen molar-refractivity contribution in [2.24, 2.45) is 0 Å². The Balaban J connectivity index is 2.62. The number of benzene rings is 1. The molecule has 0 unspecified atom stereocenters. The van der Waals surface area contributed by atoms with Crippen molar-refractivity contribution >= 4 is 6.08 Å². The Bertz CT molecular complexity index is 381. The molecule has 17 heavy (non-hydrogen) atoms. The maximum Gasteiger partial charge on any atom is 0.161 e. The second-order valence-electron chi connectivity index (χ2n) is 3.74. The molecule has 1 aromatic rings. The van der Waals surface area contributed by atoms with Crippen molar-refractivity contribution in [2.75, 3.05) is 14.2 Å². The van der Waals surface area contributed by atoms with Gasteiger partial charge in [-0.15, -0.1) is 6.58 Å². The van der Waals surface area contributed by atoms with E-state index in [0.29, 0.717) is 0 Å². The minimum absolute atomic E-state index is 0.760. The lowest BCUT2D eigenvalue weighted by molar-refractivity contribution is 0.355. The van der Waals surface area contributed by atoms with Crippen molar-refractivity contribution < 1.29 is 9.47 Å². The highest BCUT2D eigenvalue weighted by Gasteiger charge is 2.02. The SMILES string of the molecule is C=CCCCC=Cc1ccc(OC)c(OC)c1. The number of ether oxygens (including phenoxy) is 2. The number of allylic oxidation sites excluding steroid dienone is 2. The molecule has 0 spiro atoms. The lowest BCUT2D eigenvalue weighted by Gasteiger charge is -2.07. The van der Waals surface area contributed by atoms with E-state index in [0.717, 1.165) is 36.3 Å². The van der Waals surface area contributed by atoms with Crippen LogP contribution in [0.2, 0.25) is 0 Å². The smallest absolute Gasteiger partial charge is 0.161 e. The molecular formula is C15H20O2. The van der Waals surface area contributed by atoms with Crippen LogP contribution in [0.1, 0.15) is 24.8 Å². The van der Waals surface area contributed by atoms with Crippen LogP contribution < -0.4 is 9.47 Å². The lowest BCUT2D eigenvalue weighted by atomic mass is 10.1. The molecule has 0 heterocycles. The van der Waals surface area contributed by atoms with E-state index in [1.807, 2.05) is 24.3 Å². The van der Waals surface area contributed by atoms with Crippen LogP contribution in [-0.2, 0) is 0 Å². The third-order valence-electron chi connectivity index (χ3n) is 2.50. The van der Waals surface area contributed by atoms with Gasteiger partial charge in [0.2, 0.25) is 0 Å². The molecule has 1 rings (SSSR count). The molecule has 2 heteroatoms. The van der Waals surface area contributed by atoms with E-state index < -0.39 is 0 Å². The molecule has 92 valence electrons. The average Bonchev–Trinajstić information content (AvgIpc) is 2.38. The Morgan fingerprint density at radius 3 is 2.53 bits per heavy atom. The molecule has 0 saturated heterocycles. The Labute approximate surface area is 104 Å². The maximum atomic E-state index is 5.25. The number of unbranched alkanes of at least 4 members (excludes halogenated alkanes) is 2. The predicted molar refractivity (Wildman–Crippen MR) is 72.6 cm³/mol. The van der Waals surface area contributed by atoms with Crippen LogP contribution in [0, 0.1) is 0 Å². The first-order valence-corrected chi connectivity index (χ1v) is 5.81. The largest absolute Gasteiger partial charge is 0.493 e. The Morgan fingerprint density at radius 2 is 1.88 bits per heavy atom. The number of hydrogen-bond acceptors (Lipinski definition) is 2. The van der Waals surface area contributed by atoms with Crippen molar-refractivity contribution in [1.82, 2.24) is 0 Å². The number of hydrogen-bond donors (Lipinski definition) is 0. The zero-order valence-corrected chi connectivity index (χ0v) is 10.6. The molecule has 0 amide bonds. The summed E-state index contributed by atoms with van der Waals surface area (Å²) in [6.07, 6.45) is 9.50. The molecule has 0 atom stereocenters. The van der Waals surface area contributed by atoms with Crippen LogP contribution in [0.3, 0.4) is 0 Å². The van der Waals surface area contributed by atoms with Gasteiger partial charge in [0.1, 0.15) is 0 Å². The Hall–Kier alpha value is -1.70. The van der Waals surface area contributed by atoms with Crippen LogP contribution in [0.5, 0.6) is 11.5 Å². The van der Waals surface area contributed by atoms with Crippen LogP contribution in [-0.4, -0.2) is 14.2 Å². The van der Waals surface area contributed by atoms with Gasteiger partial charge < -0.3 is 9.47 Å². The fourth-order valence-corrected chi connectivity index (χ4v) is 1.56. The summed E-state index contributed by atoms with van der Waals surface area (Å²) in [7, 11) is 3.29. The maximum absolute atomic E-state index is 5.25. The van der Waals surface area contributed by atoms with Gasteiger partial charge in [0.15, 0.2) is 11.5 Å². The second-order valence-corrected chi connectivity index (χ2v) is 3.74. The molecule has 0 aliphatic carbocycles. The monoisotopic (exact) mass is 232 g/mol. The molecule has 0 aliphatic heterocycles. The van der Waals surface area contributed by atoms with Crippen LogP contribution in [0.4, 0.5) is 0 Å². The fourth-order valence-electron chi connectivity index (χ4n) is 1.56. The third kappa shape index (κ3) is 4.35. The molecule has 0 saturated carbocycles.